The number of ether oxygens (including phenoxy) is 1. The van der Waals surface area contributed by atoms with Crippen LogP contribution in [0.5, 0.6) is 0 Å². The van der Waals surface area contributed by atoms with Crippen molar-refractivity contribution in [2.45, 2.75) is 6.54 Å². The van der Waals surface area contributed by atoms with E-state index >= 15 is 0 Å². The van der Waals surface area contributed by atoms with Crippen LogP contribution in [0.4, 0.5) is 0 Å². The number of amides is 1. The van der Waals surface area contributed by atoms with Crippen molar-refractivity contribution in [3.63, 3.8) is 0 Å². The van der Waals surface area contributed by atoms with Crippen molar-refractivity contribution in [3.8, 4) is 6.07 Å². The van der Waals surface area contributed by atoms with Gasteiger partial charge in [-0.05, 0) is 17.7 Å². The minimum atomic E-state index is -0.252. The van der Waals surface area contributed by atoms with Crippen LogP contribution in [0.2, 0.25) is 0 Å². The van der Waals surface area contributed by atoms with E-state index in [0.717, 1.165) is 5.56 Å². The molecule has 20 heavy (non-hydrogen) atoms. The first-order chi connectivity index (χ1) is 9.81. The number of carbonyl (C=O) groups excluding carboxylic acids is 1. The molecule has 0 saturated carbocycles. The summed E-state index contributed by atoms with van der Waals surface area (Å²) in [6.07, 6.45) is 4.87. The maximum absolute atomic E-state index is 12.1. The third-order valence-corrected chi connectivity index (χ3v) is 2.95. The van der Waals surface area contributed by atoms with E-state index in [9.17, 15) is 4.79 Å². The van der Waals surface area contributed by atoms with Gasteiger partial charge in [0.2, 0.25) is 0 Å². The van der Waals surface area contributed by atoms with Crippen molar-refractivity contribution < 1.29 is 9.53 Å². The maximum atomic E-state index is 12.1. The van der Waals surface area contributed by atoms with E-state index in [0.29, 0.717) is 32.8 Å². The van der Waals surface area contributed by atoms with Crippen molar-refractivity contribution in [1.29, 1.82) is 5.26 Å². The maximum Gasteiger partial charge on any atom is 0.266 e. The van der Waals surface area contributed by atoms with Gasteiger partial charge in [-0.1, -0.05) is 0 Å². The lowest BCUT2D eigenvalue weighted by molar-refractivity contribution is -0.130. The number of morpholine rings is 1. The lowest BCUT2D eigenvalue weighted by Crippen LogP contribution is -2.41. The summed E-state index contributed by atoms with van der Waals surface area (Å²) in [4.78, 5) is 17.7. The zero-order valence-corrected chi connectivity index (χ0v) is 11.1. The van der Waals surface area contributed by atoms with Crippen LogP contribution in [0.1, 0.15) is 5.56 Å². The van der Waals surface area contributed by atoms with Gasteiger partial charge < -0.3 is 15.0 Å². The normalized spacial score (nSPS) is 15.6. The Labute approximate surface area is 117 Å². The fraction of sp³-hybridized carbons (Fsp3) is 0.357. The third kappa shape index (κ3) is 3.80. The second kappa shape index (κ2) is 7.26. The molecule has 2 rings (SSSR count). The number of aromatic nitrogens is 1. The van der Waals surface area contributed by atoms with Crippen molar-refractivity contribution in [1.82, 2.24) is 15.2 Å². The highest BCUT2D eigenvalue weighted by molar-refractivity contribution is 5.97. The molecule has 1 amide bonds. The van der Waals surface area contributed by atoms with Gasteiger partial charge in [0.1, 0.15) is 11.6 Å². The van der Waals surface area contributed by atoms with Gasteiger partial charge in [-0.15, -0.1) is 0 Å². The number of nitriles is 1. The molecule has 0 spiro atoms. The summed E-state index contributed by atoms with van der Waals surface area (Å²) in [5, 5.41) is 12.1. The zero-order chi connectivity index (χ0) is 14.2. The van der Waals surface area contributed by atoms with E-state index < -0.39 is 0 Å². The molecule has 1 aromatic rings. The molecule has 0 aromatic carbocycles. The Kier molecular flexibility index (Phi) is 5.09. The fourth-order valence-electron chi connectivity index (χ4n) is 1.85. The van der Waals surface area contributed by atoms with Gasteiger partial charge in [0.25, 0.3) is 5.91 Å². The smallest absolute Gasteiger partial charge is 0.266 e. The number of nitrogens with zero attached hydrogens (tertiary/aromatic N) is 3. The SMILES string of the molecule is N#C/C(=C/NCc1ccncc1)C(=O)N1CCOCC1. The first-order valence-electron chi connectivity index (χ1n) is 6.41. The number of hydrogen-bond donors (Lipinski definition) is 1. The van der Waals surface area contributed by atoms with Crippen LogP contribution in [-0.4, -0.2) is 42.1 Å². The topological polar surface area (TPSA) is 78.2 Å². The molecule has 0 bridgehead atoms. The van der Waals surface area contributed by atoms with Crippen molar-refractivity contribution in [3.05, 3.63) is 41.9 Å². The van der Waals surface area contributed by atoms with Crippen LogP contribution in [0, 0.1) is 11.3 Å². The Morgan fingerprint density at radius 2 is 2.15 bits per heavy atom. The van der Waals surface area contributed by atoms with E-state index in [-0.39, 0.29) is 11.5 Å². The second-order valence-electron chi connectivity index (χ2n) is 4.31. The predicted molar refractivity (Wildman–Crippen MR) is 72.2 cm³/mol. The average molecular weight is 272 g/mol. The Morgan fingerprint density at radius 3 is 2.80 bits per heavy atom. The molecule has 0 atom stereocenters. The molecule has 1 aromatic heterocycles. The van der Waals surface area contributed by atoms with Crippen LogP contribution >= 0.6 is 0 Å². The number of carbonyl (C=O) groups is 1. The number of rotatable bonds is 4. The van der Waals surface area contributed by atoms with Gasteiger partial charge in [0.05, 0.1) is 13.2 Å². The number of hydrogen-bond acceptors (Lipinski definition) is 5. The minimum absolute atomic E-state index is 0.112. The minimum Gasteiger partial charge on any atom is -0.386 e. The number of pyridine rings is 1. The highest BCUT2D eigenvalue weighted by atomic mass is 16.5. The van der Waals surface area contributed by atoms with E-state index in [1.54, 1.807) is 17.3 Å². The van der Waals surface area contributed by atoms with Crippen LogP contribution < -0.4 is 5.32 Å². The fourth-order valence-corrected chi connectivity index (χ4v) is 1.85. The highest BCUT2D eigenvalue weighted by Gasteiger charge is 2.20. The first kappa shape index (κ1) is 14.0. The molecule has 1 aliphatic rings. The molecular weight excluding hydrogens is 256 g/mol. The second-order valence-corrected chi connectivity index (χ2v) is 4.31. The third-order valence-electron chi connectivity index (χ3n) is 2.95. The molecule has 1 saturated heterocycles. The quantitative estimate of drug-likeness (QED) is 0.635. The van der Waals surface area contributed by atoms with Crippen LogP contribution in [0.3, 0.4) is 0 Å². The molecule has 1 aliphatic heterocycles. The molecular formula is C14H16N4O2. The van der Waals surface area contributed by atoms with Crippen molar-refractivity contribution in [2.75, 3.05) is 26.3 Å². The predicted octanol–water partition coefficient (Wildman–Crippen LogP) is 0.437. The summed E-state index contributed by atoms with van der Waals surface area (Å²) >= 11 is 0. The molecule has 1 fully saturated rings. The summed E-state index contributed by atoms with van der Waals surface area (Å²) in [5.41, 5.74) is 1.15. The van der Waals surface area contributed by atoms with E-state index in [4.69, 9.17) is 10.00 Å². The van der Waals surface area contributed by atoms with Crippen molar-refractivity contribution in [2.24, 2.45) is 0 Å². The lowest BCUT2D eigenvalue weighted by Gasteiger charge is -2.26. The molecule has 0 aliphatic carbocycles. The molecule has 0 unspecified atom stereocenters. The van der Waals surface area contributed by atoms with Gasteiger partial charge in [-0.25, -0.2) is 0 Å². The molecule has 6 nitrogen and oxygen atoms in total. The zero-order valence-electron chi connectivity index (χ0n) is 11.1. The molecule has 2 heterocycles. The van der Waals surface area contributed by atoms with Gasteiger partial charge in [0.15, 0.2) is 0 Å². The van der Waals surface area contributed by atoms with E-state index in [2.05, 4.69) is 10.3 Å². The lowest BCUT2D eigenvalue weighted by atomic mass is 10.2. The number of nitrogens with one attached hydrogen (secondary N) is 1. The Bertz CT molecular complexity index is 516. The largest absolute Gasteiger partial charge is 0.386 e. The van der Waals surface area contributed by atoms with E-state index in [1.807, 2.05) is 18.2 Å². The summed E-state index contributed by atoms with van der Waals surface area (Å²) in [5.74, 6) is -0.252. The molecule has 1 N–H and O–H groups in total. The highest BCUT2D eigenvalue weighted by Crippen LogP contribution is 2.04. The van der Waals surface area contributed by atoms with Crippen LogP contribution in [-0.2, 0) is 16.1 Å². The molecule has 0 radical (unpaired) electrons. The Hall–Kier alpha value is -2.39. The monoisotopic (exact) mass is 272 g/mol. The van der Waals surface area contributed by atoms with Gasteiger partial charge >= 0.3 is 0 Å². The van der Waals surface area contributed by atoms with Crippen LogP contribution in [0.15, 0.2) is 36.3 Å². The first-order valence-corrected chi connectivity index (χ1v) is 6.41. The van der Waals surface area contributed by atoms with E-state index in [1.165, 1.54) is 6.20 Å². The Balaban J connectivity index is 1.92. The Morgan fingerprint density at radius 1 is 1.45 bits per heavy atom. The van der Waals surface area contributed by atoms with Gasteiger partial charge in [0, 0.05) is 38.2 Å². The summed E-state index contributed by atoms with van der Waals surface area (Å²) in [6.45, 7) is 2.65. The molecule has 6 heteroatoms. The molecule has 104 valence electrons. The summed E-state index contributed by atoms with van der Waals surface area (Å²) < 4.78 is 5.18. The van der Waals surface area contributed by atoms with Crippen molar-refractivity contribution >= 4 is 5.91 Å². The van der Waals surface area contributed by atoms with Crippen LogP contribution in [0.25, 0.3) is 0 Å². The standard InChI is InChI=1S/C14H16N4O2/c15-9-13(14(19)18-5-7-20-8-6-18)11-17-10-12-1-3-16-4-2-12/h1-4,11,17H,5-8,10H2/b13-11-. The summed E-state index contributed by atoms with van der Waals surface area (Å²) in [7, 11) is 0. The van der Waals surface area contributed by atoms with Gasteiger partial charge in [-0.3, -0.25) is 9.78 Å². The van der Waals surface area contributed by atoms with Gasteiger partial charge in [-0.2, -0.15) is 5.26 Å². The average Bonchev–Trinajstić information content (AvgIpc) is 2.53. The summed E-state index contributed by atoms with van der Waals surface area (Å²) in [6, 6.07) is 5.68.